The number of Topliss-reactive ketones (excluding diaryl/α,β-unsaturated/α-hetero) is 2. The van der Waals surface area contributed by atoms with Gasteiger partial charge in [0.15, 0.2) is 29.0 Å². The molecule has 16 nitrogen and oxygen atoms in total. The Kier molecular flexibility index (Phi) is 13.3. The largest absolute Gasteiger partial charge is 0.496 e. The van der Waals surface area contributed by atoms with Gasteiger partial charge in [-0.1, -0.05) is 12.1 Å². The lowest BCUT2D eigenvalue weighted by molar-refractivity contribution is 0.0980. The number of rotatable bonds is 12. The Balaban J connectivity index is 0.000000174. The van der Waals surface area contributed by atoms with E-state index >= 15 is 4.39 Å². The Labute approximate surface area is 398 Å². The first-order chi connectivity index (χ1) is 33.7. The molecule has 6 heterocycles. The average molecular weight is 957 g/mol. The number of nitrogens with zero attached hydrogens (tertiary/aromatic N) is 10. The summed E-state index contributed by atoms with van der Waals surface area (Å²) in [5.41, 5.74) is 15.7. The summed E-state index contributed by atoms with van der Waals surface area (Å²) in [6, 6.07) is 14.4. The third kappa shape index (κ3) is 9.21. The lowest BCUT2D eigenvalue weighted by Gasteiger charge is -2.23. The van der Waals surface area contributed by atoms with E-state index in [0.717, 1.165) is 24.2 Å². The lowest BCUT2D eigenvalue weighted by Crippen LogP contribution is -2.27. The van der Waals surface area contributed by atoms with Crippen LogP contribution in [0.15, 0.2) is 85.5 Å². The third-order valence-corrected chi connectivity index (χ3v) is 12.4. The molecule has 20 heteroatoms. The maximum Gasteiger partial charge on any atom is 0.185 e. The molecule has 4 N–H and O–H groups in total. The number of ether oxygens (including phenoxy) is 2. The average Bonchev–Trinajstić information content (AvgIpc) is 4.16. The Bertz CT molecular complexity index is 3170. The first kappa shape index (κ1) is 47.2. The van der Waals surface area contributed by atoms with E-state index in [2.05, 4.69) is 39.9 Å². The van der Waals surface area contributed by atoms with E-state index in [1.807, 2.05) is 0 Å². The standard InChI is InChI=1S/2C25H24F2N6O2/c1-32-24-16(12-30-32)23(33-9-7-15(28)13-33)14(10-18(24)27)11-20(34)19-6-8-29-25(31-19)22-17(26)4-3-5-21(22)35-2;1-32-13-16-23(31-32)18(27)10-14(24(16)33-9-7-15(28)12-33)11-20(34)19-6-8-29-25(30-19)22-17(26)4-3-5-21(22)35-2/h3-6,8,10,12,15H,7,9,11,13,28H2,1-2H3;3-6,8,10,13,15H,7,9,11-12,28H2,1-2H3/t2*15-/m11/s1. The van der Waals surface area contributed by atoms with Crippen LogP contribution >= 0.6 is 0 Å². The summed E-state index contributed by atoms with van der Waals surface area (Å²) in [7, 11) is 6.24. The summed E-state index contributed by atoms with van der Waals surface area (Å²) < 4.78 is 72.6. The van der Waals surface area contributed by atoms with E-state index in [4.69, 9.17) is 20.9 Å². The molecule has 2 saturated heterocycles. The number of hydrogen-bond acceptors (Lipinski definition) is 14. The molecule has 0 bridgehead atoms. The number of carbonyl (C=O) groups excluding carboxylic acids is 2. The van der Waals surface area contributed by atoms with Crippen molar-refractivity contribution in [2.45, 2.75) is 37.8 Å². The quantitative estimate of drug-likeness (QED) is 0.0986. The smallest absolute Gasteiger partial charge is 0.185 e. The maximum absolute atomic E-state index is 15.1. The van der Waals surface area contributed by atoms with Crippen LogP contribution in [0.4, 0.5) is 28.9 Å². The minimum atomic E-state index is -0.564. The summed E-state index contributed by atoms with van der Waals surface area (Å²) >= 11 is 0. The van der Waals surface area contributed by atoms with E-state index in [0.29, 0.717) is 53.6 Å². The molecule has 2 aliphatic rings. The first-order valence-corrected chi connectivity index (χ1v) is 22.4. The molecule has 2 fully saturated rings. The number of aromatic nitrogens is 8. The molecular formula is C50H48F4N12O4. The van der Waals surface area contributed by atoms with Gasteiger partial charge in [-0.3, -0.25) is 19.0 Å². The van der Waals surface area contributed by atoms with Crippen LogP contribution in [-0.2, 0) is 26.9 Å². The van der Waals surface area contributed by atoms with Gasteiger partial charge in [0.1, 0.15) is 51.4 Å². The fourth-order valence-corrected chi connectivity index (χ4v) is 9.23. The second-order valence-corrected chi connectivity index (χ2v) is 17.2. The predicted octanol–water partition coefficient (Wildman–Crippen LogP) is 6.56. The number of fused-ring (bicyclic) bond motifs is 2. The number of carbonyl (C=O) groups is 2. The molecule has 2 atom stereocenters. The van der Waals surface area contributed by atoms with Gasteiger partial charge in [-0.2, -0.15) is 10.2 Å². The topological polar surface area (TPSA) is 198 Å². The molecule has 0 aliphatic carbocycles. The van der Waals surface area contributed by atoms with Gasteiger partial charge in [0.05, 0.1) is 42.9 Å². The molecule has 8 aromatic rings. The third-order valence-electron chi connectivity index (χ3n) is 12.4. The summed E-state index contributed by atoms with van der Waals surface area (Å²) in [6.07, 6.45) is 7.54. The maximum atomic E-state index is 15.1. The molecule has 0 saturated carbocycles. The molecule has 70 heavy (non-hydrogen) atoms. The highest BCUT2D eigenvalue weighted by Crippen LogP contribution is 2.38. The fraction of sp³-hybridized carbons (Fsp3) is 0.280. The number of nitrogens with two attached hydrogens (primary N) is 2. The molecule has 0 spiro atoms. The van der Waals surface area contributed by atoms with E-state index in [1.165, 1.54) is 79.8 Å². The molecule has 0 radical (unpaired) electrons. The van der Waals surface area contributed by atoms with E-state index in [1.54, 1.807) is 43.3 Å². The Morgan fingerprint density at radius 2 is 1.19 bits per heavy atom. The van der Waals surface area contributed by atoms with Crippen molar-refractivity contribution in [3.63, 3.8) is 0 Å². The monoisotopic (exact) mass is 956 g/mol. The Morgan fingerprint density at radius 1 is 0.686 bits per heavy atom. The number of hydrogen-bond donors (Lipinski definition) is 2. The molecule has 0 amide bonds. The van der Waals surface area contributed by atoms with E-state index < -0.39 is 23.3 Å². The van der Waals surface area contributed by atoms with Crippen molar-refractivity contribution >= 4 is 44.7 Å². The highest BCUT2D eigenvalue weighted by Gasteiger charge is 2.29. The summed E-state index contributed by atoms with van der Waals surface area (Å²) in [5.74, 6) is -2.22. The van der Waals surface area contributed by atoms with Gasteiger partial charge < -0.3 is 30.7 Å². The molecule has 4 aromatic carbocycles. The Hall–Kier alpha value is -7.84. The number of anilines is 2. The van der Waals surface area contributed by atoms with Gasteiger partial charge in [0.25, 0.3) is 0 Å². The molecular weight excluding hydrogens is 909 g/mol. The van der Waals surface area contributed by atoms with Crippen molar-refractivity contribution in [1.82, 2.24) is 39.5 Å². The van der Waals surface area contributed by atoms with Gasteiger partial charge in [-0.15, -0.1) is 0 Å². The van der Waals surface area contributed by atoms with Crippen LogP contribution in [0, 0.1) is 23.3 Å². The van der Waals surface area contributed by atoms with Crippen LogP contribution < -0.4 is 30.7 Å². The zero-order valence-corrected chi connectivity index (χ0v) is 38.7. The summed E-state index contributed by atoms with van der Waals surface area (Å²) in [5, 5.41) is 9.72. The van der Waals surface area contributed by atoms with Crippen LogP contribution in [-0.4, -0.2) is 104 Å². The van der Waals surface area contributed by atoms with Crippen molar-refractivity contribution in [2.24, 2.45) is 25.6 Å². The van der Waals surface area contributed by atoms with Crippen LogP contribution in [0.25, 0.3) is 44.6 Å². The van der Waals surface area contributed by atoms with Crippen LogP contribution in [0.1, 0.15) is 44.9 Å². The second-order valence-electron chi connectivity index (χ2n) is 17.2. The lowest BCUT2D eigenvalue weighted by atomic mass is 10.0. The Morgan fingerprint density at radius 3 is 1.67 bits per heavy atom. The van der Waals surface area contributed by atoms with Gasteiger partial charge in [0, 0.05) is 94.6 Å². The minimum absolute atomic E-state index is 0.00417. The zero-order chi connectivity index (χ0) is 49.4. The van der Waals surface area contributed by atoms with Crippen molar-refractivity contribution in [2.75, 3.05) is 50.2 Å². The first-order valence-electron chi connectivity index (χ1n) is 22.4. The number of benzene rings is 4. The van der Waals surface area contributed by atoms with Crippen molar-refractivity contribution < 1.29 is 36.6 Å². The number of methoxy groups -OCH3 is 2. The molecule has 0 unspecified atom stereocenters. The highest BCUT2D eigenvalue weighted by molar-refractivity contribution is 6.02. The fourth-order valence-electron chi connectivity index (χ4n) is 9.23. The number of ketones is 2. The summed E-state index contributed by atoms with van der Waals surface area (Å²) in [4.78, 5) is 47.7. The normalized spacial score (nSPS) is 15.7. The van der Waals surface area contributed by atoms with Gasteiger partial charge in [0.2, 0.25) is 0 Å². The van der Waals surface area contributed by atoms with Crippen LogP contribution in [0.2, 0.25) is 0 Å². The SMILES string of the molecule is COc1cccc(F)c1-c1nccc(C(=O)Cc2cc(F)c3c(cnn3C)c2N2CC[C@@H](N)C2)n1.COc1cccc(F)c1-c1nccc(C(=O)Cc2cc(F)c3nn(C)cc3c2N2CC[C@@H](N)C2)n1. The van der Waals surface area contributed by atoms with Crippen molar-refractivity contribution in [3.05, 3.63) is 131 Å². The van der Waals surface area contributed by atoms with E-state index in [-0.39, 0.29) is 87.7 Å². The number of aryl methyl sites for hydroxylation is 2. The highest BCUT2D eigenvalue weighted by atomic mass is 19.1. The predicted molar refractivity (Wildman–Crippen MR) is 255 cm³/mol. The van der Waals surface area contributed by atoms with Crippen molar-refractivity contribution in [1.29, 1.82) is 0 Å². The van der Waals surface area contributed by atoms with E-state index in [9.17, 15) is 22.8 Å². The second kappa shape index (κ2) is 19.6. The number of halogens is 4. The molecule has 2 aliphatic heterocycles. The molecule has 360 valence electrons. The zero-order valence-electron chi connectivity index (χ0n) is 38.7. The van der Waals surface area contributed by atoms with Crippen molar-refractivity contribution in [3.8, 4) is 34.3 Å². The van der Waals surface area contributed by atoms with Crippen LogP contribution in [0.3, 0.4) is 0 Å². The molecule has 10 rings (SSSR count). The minimum Gasteiger partial charge on any atom is -0.496 e. The molecule has 4 aromatic heterocycles. The van der Waals surface area contributed by atoms with Gasteiger partial charge >= 0.3 is 0 Å². The van der Waals surface area contributed by atoms with Gasteiger partial charge in [-0.25, -0.2) is 37.5 Å². The van der Waals surface area contributed by atoms with Gasteiger partial charge in [-0.05, 0) is 72.5 Å². The summed E-state index contributed by atoms with van der Waals surface area (Å²) in [6.45, 7) is 2.59. The van der Waals surface area contributed by atoms with Crippen LogP contribution in [0.5, 0.6) is 11.5 Å².